The Morgan fingerprint density at radius 1 is 0.971 bits per heavy atom. The first-order chi connectivity index (χ1) is 16.6. The molecule has 2 saturated heterocycles. The third kappa shape index (κ3) is 7.19. The molecule has 2 heterocycles. The van der Waals surface area contributed by atoms with Gasteiger partial charge in [-0.25, -0.2) is 9.59 Å². The largest absolute Gasteiger partial charge is 0.459 e. The summed E-state index contributed by atoms with van der Waals surface area (Å²) in [5, 5.41) is 2.71. The highest BCUT2D eigenvalue weighted by Gasteiger charge is 2.42. The van der Waals surface area contributed by atoms with E-state index < -0.39 is 35.8 Å². The summed E-state index contributed by atoms with van der Waals surface area (Å²) >= 11 is 0. The van der Waals surface area contributed by atoms with Crippen molar-refractivity contribution in [2.24, 2.45) is 0 Å². The molecule has 0 aromatic heterocycles. The Labute approximate surface area is 207 Å². The monoisotopic (exact) mass is 487 g/mol. The second kappa shape index (κ2) is 11.6. The maximum absolute atomic E-state index is 13.5. The predicted molar refractivity (Wildman–Crippen MR) is 129 cm³/mol. The number of piperidine rings is 1. The minimum absolute atomic E-state index is 0.121. The van der Waals surface area contributed by atoms with E-state index in [4.69, 9.17) is 9.47 Å². The third-order valence-electron chi connectivity index (χ3n) is 6.19. The van der Waals surface area contributed by atoms with Crippen LogP contribution in [0.3, 0.4) is 0 Å². The van der Waals surface area contributed by atoms with Crippen molar-refractivity contribution in [1.29, 1.82) is 0 Å². The van der Waals surface area contributed by atoms with Gasteiger partial charge in [-0.2, -0.15) is 0 Å². The van der Waals surface area contributed by atoms with Crippen LogP contribution >= 0.6 is 0 Å². The van der Waals surface area contributed by atoms with Crippen molar-refractivity contribution in [3.63, 3.8) is 0 Å². The van der Waals surface area contributed by atoms with Crippen LogP contribution in [0.2, 0.25) is 0 Å². The lowest BCUT2D eigenvalue weighted by molar-refractivity contribution is -0.150. The molecular weight excluding hydrogens is 450 g/mol. The highest BCUT2D eigenvalue weighted by Crippen LogP contribution is 2.26. The second-order valence-electron chi connectivity index (χ2n) is 10.2. The van der Waals surface area contributed by atoms with Gasteiger partial charge in [0.05, 0.1) is 0 Å². The van der Waals surface area contributed by atoms with Crippen molar-refractivity contribution in [3.8, 4) is 0 Å². The first-order valence-electron chi connectivity index (χ1n) is 12.4. The molecule has 1 N–H and O–H groups in total. The molecule has 2 fully saturated rings. The van der Waals surface area contributed by atoms with Crippen LogP contribution < -0.4 is 5.32 Å². The Hall–Kier alpha value is -3.10. The molecule has 9 heteroatoms. The first kappa shape index (κ1) is 26.5. The Bertz CT molecular complexity index is 913. The van der Waals surface area contributed by atoms with Gasteiger partial charge in [0.1, 0.15) is 30.3 Å². The average Bonchev–Trinajstić information content (AvgIpc) is 3.32. The summed E-state index contributed by atoms with van der Waals surface area (Å²) in [6.45, 7) is 7.93. The molecule has 0 spiro atoms. The van der Waals surface area contributed by atoms with Gasteiger partial charge in [0.25, 0.3) is 0 Å². The first-order valence-corrected chi connectivity index (χ1v) is 12.4. The van der Waals surface area contributed by atoms with Crippen molar-refractivity contribution in [2.45, 2.75) is 90.1 Å². The fourth-order valence-electron chi connectivity index (χ4n) is 4.44. The van der Waals surface area contributed by atoms with E-state index in [0.717, 1.165) is 18.4 Å². The van der Waals surface area contributed by atoms with Gasteiger partial charge in [-0.3, -0.25) is 14.5 Å². The van der Waals surface area contributed by atoms with Crippen LogP contribution in [0.4, 0.5) is 4.79 Å². The average molecular weight is 488 g/mol. The maximum atomic E-state index is 13.5. The summed E-state index contributed by atoms with van der Waals surface area (Å²) in [5.74, 6) is -1.17. The van der Waals surface area contributed by atoms with E-state index in [1.54, 1.807) is 32.6 Å². The van der Waals surface area contributed by atoms with Crippen LogP contribution in [0.15, 0.2) is 30.3 Å². The van der Waals surface area contributed by atoms with Gasteiger partial charge in [0, 0.05) is 13.1 Å². The van der Waals surface area contributed by atoms with Crippen LogP contribution in [0.25, 0.3) is 0 Å². The molecular formula is C26H37N3O6. The highest BCUT2D eigenvalue weighted by molar-refractivity contribution is 5.93. The quantitative estimate of drug-likeness (QED) is 0.619. The summed E-state index contributed by atoms with van der Waals surface area (Å²) in [6, 6.07) is 7.11. The van der Waals surface area contributed by atoms with Crippen LogP contribution in [0.5, 0.6) is 0 Å². The van der Waals surface area contributed by atoms with Crippen molar-refractivity contribution in [2.75, 3.05) is 13.1 Å². The molecule has 0 radical (unpaired) electrons. The zero-order valence-electron chi connectivity index (χ0n) is 21.1. The lowest BCUT2D eigenvalue weighted by atomic mass is 9.99. The van der Waals surface area contributed by atoms with E-state index in [9.17, 15) is 19.2 Å². The van der Waals surface area contributed by atoms with Crippen molar-refractivity contribution < 1.29 is 28.7 Å². The number of rotatable bonds is 6. The molecule has 192 valence electrons. The number of nitrogens with one attached hydrogen (secondary N) is 1. The smallest absolute Gasteiger partial charge is 0.410 e. The number of amides is 3. The number of carbonyl (C=O) groups excluding carboxylic acids is 4. The van der Waals surface area contributed by atoms with Crippen LogP contribution in [0.1, 0.15) is 65.4 Å². The third-order valence-corrected chi connectivity index (χ3v) is 6.19. The molecule has 3 amide bonds. The minimum atomic E-state index is -0.852. The van der Waals surface area contributed by atoms with Gasteiger partial charge in [-0.05, 0) is 65.4 Å². The van der Waals surface area contributed by atoms with E-state index in [1.165, 1.54) is 4.90 Å². The number of ether oxygens (including phenoxy) is 2. The van der Waals surface area contributed by atoms with Crippen molar-refractivity contribution in [3.05, 3.63) is 35.9 Å². The topological polar surface area (TPSA) is 105 Å². The molecule has 3 atom stereocenters. The SMILES string of the molecule is CC(NC(=O)C1CCCCN1C(=O)C1CCCN1C(=O)OC(C)(C)C)C(=O)OCc1ccccc1. The van der Waals surface area contributed by atoms with Crippen LogP contribution in [0, 0.1) is 0 Å². The summed E-state index contributed by atoms with van der Waals surface area (Å²) in [7, 11) is 0. The zero-order valence-corrected chi connectivity index (χ0v) is 21.1. The molecule has 0 bridgehead atoms. The van der Waals surface area contributed by atoms with Gasteiger partial charge >= 0.3 is 12.1 Å². The number of hydrogen-bond donors (Lipinski definition) is 1. The number of hydrogen-bond acceptors (Lipinski definition) is 6. The van der Waals surface area contributed by atoms with E-state index in [1.807, 2.05) is 30.3 Å². The minimum Gasteiger partial charge on any atom is -0.459 e. The lowest BCUT2D eigenvalue weighted by Crippen LogP contribution is -2.58. The molecule has 1 aromatic rings. The fourth-order valence-corrected chi connectivity index (χ4v) is 4.44. The summed E-state index contributed by atoms with van der Waals surface area (Å²) in [5.41, 5.74) is 0.195. The standard InChI is InChI=1S/C26H37N3O6/c1-18(24(32)34-17-19-11-6-5-7-12-19)27-22(30)20-13-8-9-15-28(20)23(31)21-14-10-16-29(21)25(33)35-26(2,3)4/h5-7,11-12,18,20-21H,8-10,13-17H2,1-4H3,(H,27,30). The molecule has 0 saturated carbocycles. The molecule has 3 rings (SSSR count). The molecule has 1 aromatic carbocycles. The number of nitrogens with zero attached hydrogens (tertiary/aromatic N) is 2. The van der Waals surface area contributed by atoms with Gasteiger partial charge in [0.2, 0.25) is 11.8 Å². The normalized spacial score (nSPS) is 21.3. The maximum Gasteiger partial charge on any atom is 0.410 e. The molecule has 3 unspecified atom stereocenters. The number of carbonyl (C=O) groups is 4. The molecule has 0 aliphatic carbocycles. The van der Waals surface area contributed by atoms with Crippen LogP contribution in [-0.2, 0) is 30.5 Å². The highest BCUT2D eigenvalue weighted by atomic mass is 16.6. The second-order valence-corrected chi connectivity index (χ2v) is 10.2. The van der Waals surface area contributed by atoms with Gasteiger partial charge in [0.15, 0.2) is 0 Å². The van der Waals surface area contributed by atoms with Gasteiger partial charge < -0.3 is 19.7 Å². The Morgan fingerprint density at radius 2 is 1.63 bits per heavy atom. The number of likely N-dealkylation sites (tertiary alicyclic amines) is 2. The Kier molecular flexibility index (Phi) is 8.75. The van der Waals surface area contributed by atoms with E-state index >= 15 is 0 Å². The van der Waals surface area contributed by atoms with Gasteiger partial charge in [-0.15, -0.1) is 0 Å². The summed E-state index contributed by atoms with van der Waals surface area (Å²) in [6.07, 6.45) is 2.80. The van der Waals surface area contributed by atoms with E-state index in [-0.39, 0.29) is 18.4 Å². The lowest BCUT2D eigenvalue weighted by Gasteiger charge is -2.38. The Balaban J connectivity index is 1.60. The number of benzene rings is 1. The number of esters is 1. The molecule has 35 heavy (non-hydrogen) atoms. The fraction of sp³-hybridized carbons (Fsp3) is 0.615. The molecule has 9 nitrogen and oxygen atoms in total. The summed E-state index contributed by atoms with van der Waals surface area (Å²) in [4.78, 5) is 54.7. The predicted octanol–water partition coefficient (Wildman–Crippen LogP) is 3.02. The Morgan fingerprint density at radius 3 is 2.31 bits per heavy atom. The van der Waals surface area contributed by atoms with E-state index in [2.05, 4.69) is 5.32 Å². The summed E-state index contributed by atoms with van der Waals surface area (Å²) < 4.78 is 10.8. The van der Waals surface area contributed by atoms with E-state index in [0.29, 0.717) is 32.4 Å². The zero-order chi connectivity index (χ0) is 25.6. The van der Waals surface area contributed by atoms with Crippen molar-refractivity contribution in [1.82, 2.24) is 15.1 Å². The van der Waals surface area contributed by atoms with Gasteiger partial charge in [-0.1, -0.05) is 30.3 Å². The van der Waals surface area contributed by atoms with Crippen LogP contribution in [-0.4, -0.2) is 70.5 Å². The molecule has 2 aliphatic heterocycles. The van der Waals surface area contributed by atoms with Crippen molar-refractivity contribution >= 4 is 23.9 Å². The molecule has 2 aliphatic rings.